The minimum Gasteiger partial charge on any atom is -0.354 e. The molecule has 0 aromatic rings. The Morgan fingerprint density at radius 2 is 2.27 bits per heavy atom. The number of nitrogens with zero attached hydrogens (tertiary/aromatic N) is 2. The van der Waals surface area contributed by atoms with Gasteiger partial charge in [-0.1, -0.05) is 6.92 Å². The van der Waals surface area contributed by atoms with Crippen molar-refractivity contribution in [2.45, 2.75) is 19.4 Å². The monoisotopic (exact) mass is 213 g/mol. The molecule has 1 aliphatic rings. The number of carbonyl (C=O) groups is 2. The van der Waals surface area contributed by atoms with Gasteiger partial charge in [-0.05, 0) is 13.5 Å². The standard InChI is InChI=1S/C10H19N3O2/c1-3-4-11-10(15)9-7-12(2)5-6-13(9)8-14/h8-9H,3-7H2,1-2H3,(H,11,15). The summed E-state index contributed by atoms with van der Waals surface area (Å²) < 4.78 is 0. The third-order valence-electron chi connectivity index (χ3n) is 2.61. The van der Waals surface area contributed by atoms with Crippen LogP contribution in [0.15, 0.2) is 0 Å². The second-order valence-electron chi connectivity index (χ2n) is 3.91. The van der Waals surface area contributed by atoms with Crippen LogP contribution >= 0.6 is 0 Å². The van der Waals surface area contributed by atoms with Gasteiger partial charge in [-0.15, -0.1) is 0 Å². The largest absolute Gasteiger partial charge is 0.354 e. The first-order valence-electron chi connectivity index (χ1n) is 5.36. The zero-order valence-corrected chi connectivity index (χ0v) is 9.40. The van der Waals surface area contributed by atoms with Crippen molar-refractivity contribution in [3.8, 4) is 0 Å². The summed E-state index contributed by atoms with van der Waals surface area (Å²) in [5.41, 5.74) is 0. The van der Waals surface area contributed by atoms with Crippen molar-refractivity contribution in [2.75, 3.05) is 33.2 Å². The highest BCUT2D eigenvalue weighted by Gasteiger charge is 2.29. The van der Waals surface area contributed by atoms with Gasteiger partial charge in [-0.2, -0.15) is 0 Å². The van der Waals surface area contributed by atoms with Crippen LogP contribution in [0.5, 0.6) is 0 Å². The van der Waals surface area contributed by atoms with E-state index in [1.807, 2.05) is 14.0 Å². The second kappa shape index (κ2) is 5.70. The molecular formula is C10H19N3O2. The molecule has 1 fully saturated rings. The van der Waals surface area contributed by atoms with Gasteiger partial charge in [0.15, 0.2) is 0 Å². The van der Waals surface area contributed by atoms with Crippen molar-refractivity contribution in [1.29, 1.82) is 0 Å². The first-order valence-corrected chi connectivity index (χ1v) is 5.36. The fraction of sp³-hybridized carbons (Fsp3) is 0.800. The van der Waals surface area contributed by atoms with Crippen molar-refractivity contribution in [3.63, 3.8) is 0 Å². The molecule has 86 valence electrons. The normalized spacial score (nSPS) is 22.5. The van der Waals surface area contributed by atoms with Crippen molar-refractivity contribution in [1.82, 2.24) is 15.1 Å². The summed E-state index contributed by atoms with van der Waals surface area (Å²) in [5, 5.41) is 2.82. The summed E-state index contributed by atoms with van der Waals surface area (Å²) in [5.74, 6) is -0.0458. The number of nitrogens with one attached hydrogen (secondary N) is 1. The van der Waals surface area contributed by atoms with Crippen molar-refractivity contribution in [2.24, 2.45) is 0 Å². The highest BCUT2D eigenvalue weighted by molar-refractivity contribution is 5.84. The maximum atomic E-state index is 11.7. The maximum absolute atomic E-state index is 11.7. The van der Waals surface area contributed by atoms with Gasteiger partial charge in [0, 0.05) is 26.2 Å². The Bertz CT molecular complexity index is 233. The van der Waals surface area contributed by atoms with Gasteiger partial charge in [0.25, 0.3) is 0 Å². The van der Waals surface area contributed by atoms with Crippen LogP contribution in [0.3, 0.4) is 0 Å². The van der Waals surface area contributed by atoms with Crippen LogP contribution in [0.25, 0.3) is 0 Å². The average molecular weight is 213 g/mol. The van der Waals surface area contributed by atoms with Gasteiger partial charge in [0.1, 0.15) is 6.04 Å². The van der Waals surface area contributed by atoms with E-state index in [0.29, 0.717) is 19.6 Å². The lowest BCUT2D eigenvalue weighted by molar-refractivity contribution is -0.135. The summed E-state index contributed by atoms with van der Waals surface area (Å²) >= 11 is 0. The van der Waals surface area contributed by atoms with E-state index in [1.54, 1.807) is 4.90 Å². The number of carbonyl (C=O) groups excluding carboxylic acids is 2. The van der Waals surface area contributed by atoms with Crippen LogP contribution < -0.4 is 5.32 Å². The number of likely N-dealkylation sites (N-methyl/N-ethyl adjacent to an activating group) is 1. The number of hydrogen-bond acceptors (Lipinski definition) is 3. The fourth-order valence-corrected chi connectivity index (χ4v) is 1.66. The maximum Gasteiger partial charge on any atom is 0.244 e. The third-order valence-corrected chi connectivity index (χ3v) is 2.61. The zero-order chi connectivity index (χ0) is 11.3. The van der Waals surface area contributed by atoms with Crippen molar-refractivity contribution in [3.05, 3.63) is 0 Å². The van der Waals surface area contributed by atoms with E-state index in [2.05, 4.69) is 10.2 Å². The molecule has 5 heteroatoms. The van der Waals surface area contributed by atoms with Crippen LogP contribution in [0.2, 0.25) is 0 Å². The predicted molar refractivity (Wildman–Crippen MR) is 57.4 cm³/mol. The Kier molecular flexibility index (Phi) is 4.55. The molecule has 0 bridgehead atoms. The molecule has 1 unspecified atom stereocenters. The van der Waals surface area contributed by atoms with E-state index in [-0.39, 0.29) is 11.9 Å². The molecule has 1 atom stereocenters. The Morgan fingerprint density at radius 3 is 2.87 bits per heavy atom. The molecule has 0 spiro atoms. The van der Waals surface area contributed by atoms with Crippen molar-refractivity contribution < 1.29 is 9.59 Å². The second-order valence-corrected chi connectivity index (χ2v) is 3.91. The SMILES string of the molecule is CCCNC(=O)C1CN(C)CCN1C=O. The van der Waals surface area contributed by atoms with E-state index in [4.69, 9.17) is 0 Å². The number of hydrogen-bond donors (Lipinski definition) is 1. The predicted octanol–water partition coefficient (Wildman–Crippen LogP) is -0.715. The van der Waals surface area contributed by atoms with E-state index in [1.165, 1.54) is 0 Å². The number of rotatable bonds is 4. The summed E-state index contributed by atoms with van der Waals surface area (Å²) in [6, 6.07) is -0.326. The van der Waals surface area contributed by atoms with Crippen LogP contribution in [0.1, 0.15) is 13.3 Å². The first kappa shape index (κ1) is 12.0. The number of piperazine rings is 1. The quantitative estimate of drug-likeness (QED) is 0.627. The molecule has 0 aliphatic carbocycles. The average Bonchev–Trinajstić information content (AvgIpc) is 2.25. The topological polar surface area (TPSA) is 52.7 Å². The van der Waals surface area contributed by atoms with Crippen molar-refractivity contribution >= 4 is 12.3 Å². The summed E-state index contributed by atoms with van der Waals surface area (Å²) in [7, 11) is 1.96. The zero-order valence-electron chi connectivity index (χ0n) is 9.40. The van der Waals surface area contributed by atoms with Gasteiger partial charge in [0.05, 0.1) is 0 Å². The summed E-state index contributed by atoms with van der Waals surface area (Å²) in [4.78, 5) is 26.2. The van der Waals surface area contributed by atoms with Crippen LogP contribution in [0.4, 0.5) is 0 Å². The highest BCUT2D eigenvalue weighted by Crippen LogP contribution is 2.06. The minimum absolute atomic E-state index is 0.0458. The number of amides is 2. The molecular weight excluding hydrogens is 194 g/mol. The fourth-order valence-electron chi connectivity index (χ4n) is 1.66. The highest BCUT2D eigenvalue weighted by atomic mass is 16.2. The molecule has 0 aromatic carbocycles. The molecule has 2 amide bonds. The van der Waals surface area contributed by atoms with Gasteiger partial charge < -0.3 is 15.1 Å². The van der Waals surface area contributed by atoms with Gasteiger partial charge >= 0.3 is 0 Å². The lowest BCUT2D eigenvalue weighted by Gasteiger charge is -2.36. The smallest absolute Gasteiger partial charge is 0.244 e. The van der Waals surface area contributed by atoms with E-state index >= 15 is 0 Å². The molecule has 1 rings (SSSR count). The van der Waals surface area contributed by atoms with Gasteiger partial charge in [-0.25, -0.2) is 0 Å². The molecule has 0 saturated carbocycles. The van der Waals surface area contributed by atoms with E-state index < -0.39 is 0 Å². The molecule has 0 aromatic heterocycles. The third kappa shape index (κ3) is 3.20. The minimum atomic E-state index is -0.326. The summed E-state index contributed by atoms with van der Waals surface area (Å²) in [6.07, 6.45) is 1.68. The Morgan fingerprint density at radius 1 is 1.53 bits per heavy atom. The van der Waals surface area contributed by atoms with Crippen LogP contribution in [-0.2, 0) is 9.59 Å². The van der Waals surface area contributed by atoms with Gasteiger partial charge in [0.2, 0.25) is 12.3 Å². The van der Waals surface area contributed by atoms with Crippen LogP contribution in [-0.4, -0.2) is 61.4 Å². The molecule has 15 heavy (non-hydrogen) atoms. The molecule has 1 heterocycles. The Hall–Kier alpha value is -1.10. The summed E-state index contributed by atoms with van der Waals surface area (Å²) in [6.45, 7) is 4.76. The Labute approximate surface area is 90.4 Å². The Balaban J connectivity index is 2.54. The molecule has 0 radical (unpaired) electrons. The lowest BCUT2D eigenvalue weighted by Crippen LogP contribution is -2.57. The van der Waals surface area contributed by atoms with Crippen LogP contribution in [0, 0.1) is 0 Å². The van der Waals surface area contributed by atoms with E-state index in [9.17, 15) is 9.59 Å². The van der Waals surface area contributed by atoms with E-state index in [0.717, 1.165) is 19.4 Å². The first-order chi connectivity index (χ1) is 7.19. The molecule has 1 N–H and O–H groups in total. The molecule has 5 nitrogen and oxygen atoms in total. The molecule has 1 aliphatic heterocycles. The lowest BCUT2D eigenvalue weighted by atomic mass is 10.1. The van der Waals surface area contributed by atoms with Gasteiger partial charge in [-0.3, -0.25) is 9.59 Å². The molecule has 1 saturated heterocycles.